The molecule has 3 aromatic rings. The smallest absolute Gasteiger partial charge is 0.230 e. The molecule has 0 radical (unpaired) electrons. The van der Waals surface area contributed by atoms with E-state index in [1.54, 1.807) is 4.52 Å². The molecule has 144 valence electrons. The van der Waals surface area contributed by atoms with Crippen molar-refractivity contribution < 1.29 is 5.11 Å². The summed E-state index contributed by atoms with van der Waals surface area (Å²) in [7, 11) is 0. The number of aromatic hydroxyl groups is 1. The van der Waals surface area contributed by atoms with Gasteiger partial charge in [-0.05, 0) is 29.9 Å². The maximum absolute atomic E-state index is 11.0. The molecule has 0 amide bonds. The van der Waals surface area contributed by atoms with Crippen LogP contribution in [0.4, 0.5) is 0 Å². The van der Waals surface area contributed by atoms with Crippen LogP contribution in [0.1, 0.15) is 49.5 Å². The summed E-state index contributed by atoms with van der Waals surface area (Å²) in [6.45, 7) is 8.56. The van der Waals surface area contributed by atoms with Crippen molar-refractivity contribution in [1.29, 1.82) is 0 Å². The van der Waals surface area contributed by atoms with Gasteiger partial charge >= 0.3 is 0 Å². The van der Waals surface area contributed by atoms with E-state index in [0.717, 1.165) is 45.8 Å². The molecule has 0 unspecified atom stereocenters. The van der Waals surface area contributed by atoms with Crippen molar-refractivity contribution in [2.75, 3.05) is 13.1 Å². The molecule has 0 saturated carbocycles. The minimum atomic E-state index is -0.0949. The number of rotatable bonds is 4. The Morgan fingerprint density at radius 3 is 2.59 bits per heavy atom. The van der Waals surface area contributed by atoms with Gasteiger partial charge in [0.05, 0.1) is 10.9 Å². The zero-order chi connectivity index (χ0) is 19.1. The number of nitrogens with zero attached hydrogens (tertiary/aromatic N) is 4. The van der Waals surface area contributed by atoms with E-state index >= 15 is 0 Å². The molecule has 1 aliphatic rings. The van der Waals surface area contributed by atoms with Crippen molar-refractivity contribution in [2.45, 2.75) is 39.7 Å². The molecule has 0 aliphatic carbocycles. The lowest BCUT2D eigenvalue weighted by Crippen LogP contribution is -2.41. The van der Waals surface area contributed by atoms with Crippen LogP contribution in [0.15, 0.2) is 24.3 Å². The van der Waals surface area contributed by atoms with Crippen molar-refractivity contribution >= 4 is 27.9 Å². The molecule has 1 N–H and O–H groups in total. The Morgan fingerprint density at radius 2 is 1.96 bits per heavy atom. The molecule has 0 bridgehead atoms. The molecule has 2 aromatic heterocycles. The van der Waals surface area contributed by atoms with Crippen LogP contribution in [0.25, 0.3) is 4.96 Å². The molecule has 5 nitrogen and oxygen atoms in total. The predicted molar refractivity (Wildman–Crippen MR) is 110 cm³/mol. The van der Waals surface area contributed by atoms with Gasteiger partial charge in [0.2, 0.25) is 10.8 Å². The number of halogens is 1. The lowest BCUT2D eigenvalue weighted by atomic mass is 9.89. The molecule has 3 heterocycles. The monoisotopic (exact) mass is 404 g/mol. The molecule has 1 fully saturated rings. The number of fused-ring (bicyclic) bond motifs is 1. The Kier molecular flexibility index (Phi) is 5.14. The number of benzene rings is 1. The van der Waals surface area contributed by atoms with E-state index in [1.807, 2.05) is 25.1 Å². The molecular formula is C20H25ClN4OS. The molecule has 7 heteroatoms. The molecule has 0 spiro atoms. The Bertz CT molecular complexity index is 943. The van der Waals surface area contributed by atoms with Crippen LogP contribution in [0.2, 0.25) is 5.02 Å². The van der Waals surface area contributed by atoms with Crippen molar-refractivity contribution in [2.24, 2.45) is 11.8 Å². The lowest BCUT2D eigenvalue weighted by molar-refractivity contribution is 0.112. The Morgan fingerprint density at radius 1 is 1.26 bits per heavy atom. The minimum absolute atomic E-state index is 0.0949. The standard InChI is InChI=1S/C20H25ClN4OS/c1-4-16-22-20-25(23-16)19(26)18(27-20)17(14-7-5-6-8-15(14)21)24-10-12(2)9-13(3)11-24/h5-8,12-13,17,26H,4,9-11H2,1-3H3/t12-,13-,17+/m0/s1. The van der Waals surface area contributed by atoms with E-state index in [2.05, 4.69) is 34.9 Å². The number of hydrogen-bond acceptors (Lipinski definition) is 5. The first-order valence-electron chi connectivity index (χ1n) is 9.53. The lowest BCUT2D eigenvalue weighted by Gasteiger charge is -2.40. The largest absolute Gasteiger partial charge is 0.492 e. The van der Waals surface area contributed by atoms with Crippen LogP contribution in [0.5, 0.6) is 5.88 Å². The van der Waals surface area contributed by atoms with Gasteiger partial charge in [-0.3, -0.25) is 4.90 Å². The minimum Gasteiger partial charge on any atom is -0.492 e. The van der Waals surface area contributed by atoms with Crippen molar-refractivity contribution in [1.82, 2.24) is 19.5 Å². The summed E-state index contributed by atoms with van der Waals surface area (Å²) >= 11 is 8.10. The van der Waals surface area contributed by atoms with Crippen molar-refractivity contribution in [3.8, 4) is 5.88 Å². The summed E-state index contributed by atoms with van der Waals surface area (Å²) < 4.78 is 1.57. The fraction of sp³-hybridized carbons (Fsp3) is 0.500. The Labute approximate surface area is 168 Å². The number of aromatic nitrogens is 3. The highest BCUT2D eigenvalue weighted by Gasteiger charge is 2.34. The summed E-state index contributed by atoms with van der Waals surface area (Å²) in [5.41, 5.74) is 1.02. The van der Waals surface area contributed by atoms with Gasteiger partial charge < -0.3 is 5.11 Å². The van der Waals surface area contributed by atoms with Crippen molar-refractivity contribution in [3.05, 3.63) is 45.6 Å². The van der Waals surface area contributed by atoms with Gasteiger partial charge in [0, 0.05) is 24.5 Å². The van der Waals surface area contributed by atoms with E-state index in [1.165, 1.54) is 17.8 Å². The molecular weight excluding hydrogens is 380 g/mol. The third kappa shape index (κ3) is 3.46. The molecule has 1 saturated heterocycles. The number of likely N-dealkylation sites (tertiary alicyclic amines) is 1. The Balaban J connectivity index is 1.84. The van der Waals surface area contributed by atoms with Gasteiger partial charge in [-0.15, -0.1) is 5.10 Å². The SMILES string of the molecule is CCc1nc2sc([C@@H](c3ccccc3Cl)N3C[C@@H](C)C[C@H](C)C3)c(O)n2n1. The quantitative estimate of drug-likeness (QED) is 0.679. The summed E-state index contributed by atoms with van der Waals surface area (Å²) in [4.78, 5) is 8.59. The number of piperidine rings is 1. The second kappa shape index (κ2) is 7.41. The second-order valence-electron chi connectivity index (χ2n) is 7.69. The average Bonchev–Trinajstić information content (AvgIpc) is 3.16. The van der Waals surface area contributed by atoms with Crippen LogP contribution >= 0.6 is 22.9 Å². The van der Waals surface area contributed by atoms with Gasteiger partial charge in [-0.25, -0.2) is 4.98 Å². The fourth-order valence-electron chi connectivity index (χ4n) is 4.24. The van der Waals surface area contributed by atoms with Crippen LogP contribution < -0.4 is 0 Å². The van der Waals surface area contributed by atoms with Crippen LogP contribution in [0, 0.1) is 11.8 Å². The molecule has 4 rings (SSSR count). The topological polar surface area (TPSA) is 53.7 Å². The van der Waals surface area contributed by atoms with Crippen LogP contribution in [0.3, 0.4) is 0 Å². The number of hydrogen-bond donors (Lipinski definition) is 1. The van der Waals surface area contributed by atoms with E-state index in [9.17, 15) is 5.11 Å². The zero-order valence-electron chi connectivity index (χ0n) is 15.9. The maximum atomic E-state index is 11.0. The van der Waals surface area contributed by atoms with Gasteiger partial charge in [0.25, 0.3) is 0 Å². The van der Waals surface area contributed by atoms with Crippen LogP contribution in [-0.4, -0.2) is 37.7 Å². The van der Waals surface area contributed by atoms with Crippen LogP contribution in [-0.2, 0) is 6.42 Å². The summed E-state index contributed by atoms with van der Waals surface area (Å²) in [5.74, 6) is 2.14. The fourth-order valence-corrected chi connectivity index (χ4v) is 5.61. The van der Waals surface area contributed by atoms with E-state index in [4.69, 9.17) is 11.6 Å². The summed E-state index contributed by atoms with van der Waals surface area (Å²) in [5, 5.41) is 16.1. The predicted octanol–water partition coefficient (Wildman–Crippen LogP) is 4.78. The van der Waals surface area contributed by atoms with E-state index in [0.29, 0.717) is 11.8 Å². The Hall–Kier alpha value is -1.63. The highest BCUT2D eigenvalue weighted by Crippen LogP contribution is 2.43. The highest BCUT2D eigenvalue weighted by molar-refractivity contribution is 7.17. The average molecular weight is 405 g/mol. The molecule has 1 aromatic carbocycles. The third-order valence-corrected chi connectivity index (χ3v) is 6.69. The highest BCUT2D eigenvalue weighted by atomic mass is 35.5. The number of aryl methyl sites for hydroxylation is 1. The number of thiazole rings is 1. The molecule has 27 heavy (non-hydrogen) atoms. The first kappa shape index (κ1) is 18.7. The summed E-state index contributed by atoms with van der Waals surface area (Å²) in [6.07, 6.45) is 1.98. The van der Waals surface area contributed by atoms with Gasteiger partial charge in [0.1, 0.15) is 0 Å². The normalized spacial score (nSPS) is 22.4. The second-order valence-corrected chi connectivity index (χ2v) is 9.11. The maximum Gasteiger partial charge on any atom is 0.230 e. The molecule has 1 aliphatic heterocycles. The van der Waals surface area contributed by atoms with E-state index < -0.39 is 0 Å². The first-order valence-corrected chi connectivity index (χ1v) is 10.7. The van der Waals surface area contributed by atoms with Gasteiger partial charge in [-0.1, -0.05) is 61.9 Å². The first-order chi connectivity index (χ1) is 13.0. The summed E-state index contributed by atoms with van der Waals surface area (Å²) in [6, 6.07) is 7.84. The van der Waals surface area contributed by atoms with Crippen molar-refractivity contribution in [3.63, 3.8) is 0 Å². The zero-order valence-corrected chi connectivity index (χ0v) is 17.5. The van der Waals surface area contributed by atoms with E-state index in [-0.39, 0.29) is 11.9 Å². The van der Waals surface area contributed by atoms with Gasteiger partial charge in [-0.2, -0.15) is 4.52 Å². The van der Waals surface area contributed by atoms with Gasteiger partial charge in [0.15, 0.2) is 5.82 Å². The molecule has 3 atom stereocenters. The third-order valence-electron chi connectivity index (χ3n) is 5.27.